The highest BCUT2D eigenvalue weighted by Gasteiger charge is 2.20. The lowest BCUT2D eigenvalue weighted by Gasteiger charge is -2.16. The summed E-state index contributed by atoms with van der Waals surface area (Å²) in [5.41, 5.74) is 0.221. The van der Waals surface area contributed by atoms with Gasteiger partial charge in [0.2, 0.25) is 0 Å². The van der Waals surface area contributed by atoms with Crippen LogP contribution in [0.3, 0.4) is 0 Å². The lowest BCUT2D eigenvalue weighted by molar-refractivity contribution is -0.155. The van der Waals surface area contributed by atoms with Gasteiger partial charge in [-0.25, -0.2) is 9.59 Å². The summed E-state index contributed by atoms with van der Waals surface area (Å²) in [6.45, 7) is 1.01. The first kappa shape index (κ1) is 21.7. The molecule has 9 nitrogen and oxygen atoms in total. The van der Waals surface area contributed by atoms with E-state index in [1.54, 1.807) is 36.4 Å². The average Bonchev–Trinajstić information content (AvgIpc) is 2.77. The third-order valence-electron chi connectivity index (χ3n) is 4.29. The van der Waals surface area contributed by atoms with Crippen LogP contribution >= 0.6 is 0 Å². The van der Waals surface area contributed by atoms with Gasteiger partial charge in [-0.05, 0) is 37.3 Å². The molecule has 0 saturated heterocycles. The van der Waals surface area contributed by atoms with Crippen molar-refractivity contribution in [3.05, 3.63) is 59.0 Å². The standard InChI is InChI=1S/C22H21NO8/c1-13(22(26)23-17-10-15(27-2)7-8-18(17)28-3)30-21(25)12-29-16-6-4-14-5-9-20(24)31-19(14)11-16/h4-11,13H,12H2,1-3H3,(H,23,26). The molecule has 0 saturated carbocycles. The molecule has 162 valence electrons. The fourth-order valence-corrected chi connectivity index (χ4v) is 2.70. The highest BCUT2D eigenvalue weighted by molar-refractivity contribution is 5.96. The van der Waals surface area contributed by atoms with E-state index >= 15 is 0 Å². The molecule has 1 aromatic heterocycles. The number of carbonyl (C=O) groups excluding carboxylic acids is 2. The topological polar surface area (TPSA) is 113 Å². The number of carbonyl (C=O) groups is 2. The number of benzene rings is 2. The molecule has 3 rings (SSSR count). The molecule has 9 heteroatoms. The largest absolute Gasteiger partial charge is 0.497 e. The quantitative estimate of drug-likeness (QED) is 0.431. The first-order valence-corrected chi connectivity index (χ1v) is 9.28. The molecule has 1 heterocycles. The van der Waals surface area contributed by atoms with Crippen molar-refractivity contribution in [1.29, 1.82) is 0 Å². The Hall–Kier alpha value is -4.01. The molecule has 1 N–H and O–H groups in total. The number of methoxy groups -OCH3 is 2. The van der Waals surface area contributed by atoms with Crippen molar-refractivity contribution in [1.82, 2.24) is 0 Å². The van der Waals surface area contributed by atoms with E-state index in [2.05, 4.69) is 5.32 Å². The van der Waals surface area contributed by atoms with Crippen LogP contribution in [-0.4, -0.2) is 38.8 Å². The van der Waals surface area contributed by atoms with Crippen LogP contribution < -0.4 is 25.2 Å². The van der Waals surface area contributed by atoms with Crippen LogP contribution in [0.25, 0.3) is 11.0 Å². The second-order valence-electron chi connectivity index (χ2n) is 6.43. The number of hydrogen-bond acceptors (Lipinski definition) is 8. The molecule has 0 aliphatic carbocycles. The molecule has 0 bridgehead atoms. The van der Waals surface area contributed by atoms with Crippen LogP contribution in [0.15, 0.2) is 57.7 Å². The molecule has 0 fully saturated rings. The fraction of sp³-hybridized carbons (Fsp3) is 0.227. The normalized spacial score (nSPS) is 11.5. The second kappa shape index (κ2) is 9.66. The molecule has 0 radical (unpaired) electrons. The van der Waals surface area contributed by atoms with E-state index in [4.69, 9.17) is 23.4 Å². The Labute approximate surface area is 177 Å². The fourth-order valence-electron chi connectivity index (χ4n) is 2.70. The highest BCUT2D eigenvalue weighted by Crippen LogP contribution is 2.29. The number of hydrogen-bond donors (Lipinski definition) is 1. The third kappa shape index (κ3) is 5.53. The molecular weight excluding hydrogens is 406 g/mol. The molecule has 3 aromatic rings. The van der Waals surface area contributed by atoms with Gasteiger partial charge in [0.25, 0.3) is 5.91 Å². The maximum atomic E-state index is 12.4. The minimum atomic E-state index is -1.08. The van der Waals surface area contributed by atoms with Gasteiger partial charge in [0, 0.05) is 23.6 Å². The van der Waals surface area contributed by atoms with Gasteiger partial charge < -0.3 is 28.7 Å². The molecule has 2 aromatic carbocycles. The van der Waals surface area contributed by atoms with Crippen molar-refractivity contribution >= 4 is 28.5 Å². The van der Waals surface area contributed by atoms with Gasteiger partial charge in [-0.15, -0.1) is 0 Å². The predicted octanol–water partition coefficient (Wildman–Crippen LogP) is 2.76. The van der Waals surface area contributed by atoms with Gasteiger partial charge in [-0.1, -0.05) is 0 Å². The molecule has 0 aliphatic rings. The third-order valence-corrected chi connectivity index (χ3v) is 4.29. The summed E-state index contributed by atoms with van der Waals surface area (Å²) < 4.78 is 25.9. The Morgan fingerprint density at radius 2 is 1.74 bits per heavy atom. The highest BCUT2D eigenvalue weighted by atomic mass is 16.6. The van der Waals surface area contributed by atoms with Crippen LogP contribution in [0.4, 0.5) is 5.69 Å². The Bertz CT molecular complexity index is 1150. The van der Waals surface area contributed by atoms with Crippen LogP contribution in [0, 0.1) is 0 Å². The first-order valence-electron chi connectivity index (χ1n) is 9.28. The van der Waals surface area contributed by atoms with E-state index in [0.717, 1.165) is 0 Å². The summed E-state index contributed by atoms with van der Waals surface area (Å²) >= 11 is 0. The van der Waals surface area contributed by atoms with Gasteiger partial charge >= 0.3 is 11.6 Å². The maximum Gasteiger partial charge on any atom is 0.344 e. The van der Waals surface area contributed by atoms with Crippen molar-refractivity contribution in [3.8, 4) is 17.2 Å². The van der Waals surface area contributed by atoms with Crippen molar-refractivity contribution in [2.75, 3.05) is 26.1 Å². The minimum Gasteiger partial charge on any atom is -0.497 e. The monoisotopic (exact) mass is 427 g/mol. The molecule has 1 atom stereocenters. The maximum absolute atomic E-state index is 12.4. The minimum absolute atomic E-state index is 0.317. The number of fused-ring (bicyclic) bond motifs is 1. The van der Waals surface area contributed by atoms with E-state index in [-0.39, 0.29) is 0 Å². The Kier molecular flexibility index (Phi) is 6.76. The summed E-state index contributed by atoms with van der Waals surface area (Å²) in [6.07, 6.45) is -1.08. The van der Waals surface area contributed by atoms with Gasteiger partial charge in [-0.2, -0.15) is 0 Å². The Balaban J connectivity index is 1.56. The van der Waals surface area contributed by atoms with E-state index in [9.17, 15) is 14.4 Å². The lowest BCUT2D eigenvalue weighted by atomic mass is 10.2. The number of nitrogens with one attached hydrogen (secondary N) is 1. The number of rotatable bonds is 8. The van der Waals surface area contributed by atoms with Crippen molar-refractivity contribution in [2.45, 2.75) is 13.0 Å². The van der Waals surface area contributed by atoms with E-state index in [1.165, 1.54) is 33.3 Å². The second-order valence-corrected chi connectivity index (χ2v) is 6.43. The zero-order valence-electron chi connectivity index (χ0n) is 17.2. The summed E-state index contributed by atoms with van der Waals surface area (Å²) in [7, 11) is 2.97. The number of esters is 1. The lowest BCUT2D eigenvalue weighted by Crippen LogP contribution is -2.31. The number of anilines is 1. The molecule has 0 aliphatic heterocycles. The molecule has 1 amide bonds. The Morgan fingerprint density at radius 3 is 2.48 bits per heavy atom. The van der Waals surface area contributed by atoms with Gasteiger partial charge in [-0.3, -0.25) is 4.79 Å². The number of amides is 1. The predicted molar refractivity (Wildman–Crippen MR) is 112 cm³/mol. The number of ether oxygens (including phenoxy) is 4. The van der Waals surface area contributed by atoms with Gasteiger partial charge in [0.15, 0.2) is 12.7 Å². The van der Waals surface area contributed by atoms with Crippen LogP contribution in [-0.2, 0) is 14.3 Å². The summed E-state index contributed by atoms with van der Waals surface area (Å²) in [6, 6.07) is 12.7. The summed E-state index contributed by atoms with van der Waals surface area (Å²) in [5.74, 6) is -0.0152. The van der Waals surface area contributed by atoms with E-state index in [0.29, 0.717) is 33.9 Å². The zero-order valence-corrected chi connectivity index (χ0v) is 17.2. The van der Waals surface area contributed by atoms with E-state index < -0.39 is 30.2 Å². The molecule has 31 heavy (non-hydrogen) atoms. The molecular formula is C22H21NO8. The average molecular weight is 427 g/mol. The SMILES string of the molecule is COc1ccc(OC)c(NC(=O)C(C)OC(=O)COc2ccc3ccc(=O)oc3c2)c1. The summed E-state index contributed by atoms with van der Waals surface area (Å²) in [5, 5.41) is 3.35. The van der Waals surface area contributed by atoms with Gasteiger partial charge in [0.1, 0.15) is 22.8 Å². The smallest absolute Gasteiger partial charge is 0.344 e. The Morgan fingerprint density at radius 1 is 1.00 bits per heavy atom. The van der Waals surface area contributed by atoms with Crippen LogP contribution in [0.1, 0.15) is 6.92 Å². The molecule has 0 spiro atoms. The zero-order chi connectivity index (χ0) is 22.4. The summed E-state index contributed by atoms with van der Waals surface area (Å²) in [4.78, 5) is 35.8. The first-order chi connectivity index (χ1) is 14.9. The van der Waals surface area contributed by atoms with Crippen molar-refractivity contribution in [2.24, 2.45) is 0 Å². The van der Waals surface area contributed by atoms with Gasteiger partial charge in [0.05, 0.1) is 19.9 Å². The van der Waals surface area contributed by atoms with E-state index in [1.807, 2.05) is 0 Å². The van der Waals surface area contributed by atoms with Crippen LogP contribution in [0.5, 0.6) is 17.2 Å². The van der Waals surface area contributed by atoms with Crippen LogP contribution in [0.2, 0.25) is 0 Å². The van der Waals surface area contributed by atoms with Crippen molar-refractivity contribution < 1.29 is 33.0 Å². The molecule has 1 unspecified atom stereocenters. The van der Waals surface area contributed by atoms with Crippen molar-refractivity contribution in [3.63, 3.8) is 0 Å².